The molecule has 0 aliphatic rings. The van der Waals surface area contributed by atoms with Crippen molar-refractivity contribution < 1.29 is 4.79 Å². The van der Waals surface area contributed by atoms with Crippen molar-refractivity contribution in [1.29, 1.82) is 0 Å². The lowest BCUT2D eigenvalue weighted by atomic mass is 10.2. The zero-order valence-corrected chi connectivity index (χ0v) is 17.4. The summed E-state index contributed by atoms with van der Waals surface area (Å²) in [5.41, 5.74) is 2.43. The maximum Gasteiger partial charge on any atom is 0.272 e. The Bertz CT molecular complexity index is 924. The number of carbonyl (C=O) groups excluding carboxylic acids is 1. The fourth-order valence-electron chi connectivity index (χ4n) is 3.26. The summed E-state index contributed by atoms with van der Waals surface area (Å²) in [5.74, 6) is 1.28. The number of anilines is 1. The Morgan fingerprint density at radius 1 is 0.828 bits per heavy atom. The predicted octanol–water partition coefficient (Wildman–Crippen LogP) is 4.65. The van der Waals surface area contributed by atoms with Gasteiger partial charge in [-0.2, -0.15) is 0 Å². The minimum Gasteiger partial charge on any atom is -0.357 e. The lowest BCUT2D eigenvalue weighted by molar-refractivity contribution is 0.0746. The molecule has 3 aromatic rings. The summed E-state index contributed by atoms with van der Waals surface area (Å²) in [5, 5.41) is 0. The second kappa shape index (κ2) is 9.82. The Hall–Kier alpha value is -3.21. The molecule has 1 aromatic heterocycles. The van der Waals surface area contributed by atoms with E-state index in [1.165, 1.54) is 0 Å². The van der Waals surface area contributed by atoms with Gasteiger partial charge in [-0.25, -0.2) is 9.97 Å². The van der Waals surface area contributed by atoms with Gasteiger partial charge in [0, 0.05) is 37.8 Å². The summed E-state index contributed by atoms with van der Waals surface area (Å²) in [6.45, 7) is 8.96. The van der Waals surface area contributed by atoms with Crippen LogP contribution in [-0.2, 0) is 6.54 Å². The Labute approximate surface area is 173 Å². The first kappa shape index (κ1) is 20.5. The highest BCUT2D eigenvalue weighted by atomic mass is 16.2. The van der Waals surface area contributed by atoms with Crippen LogP contribution in [0.3, 0.4) is 0 Å². The van der Waals surface area contributed by atoms with Crippen molar-refractivity contribution in [2.75, 3.05) is 24.5 Å². The first-order valence-corrected chi connectivity index (χ1v) is 10.2. The van der Waals surface area contributed by atoms with E-state index >= 15 is 0 Å². The fraction of sp³-hybridized carbons (Fsp3) is 0.292. The van der Waals surface area contributed by atoms with Crippen LogP contribution in [0.4, 0.5) is 5.82 Å². The average Bonchev–Trinajstić information content (AvgIpc) is 2.79. The maximum atomic E-state index is 13.3. The van der Waals surface area contributed by atoms with E-state index in [1.54, 1.807) is 0 Å². The number of amides is 1. The van der Waals surface area contributed by atoms with E-state index in [2.05, 4.69) is 23.7 Å². The van der Waals surface area contributed by atoms with E-state index in [0.717, 1.165) is 30.0 Å². The first-order chi connectivity index (χ1) is 14.2. The molecule has 0 bridgehead atoms. The summed E-state index contributed by atoms with van der Waals surface area (Å²) in [6.07, 6.45) is 0. The van der Waals surface area contributed by atoms with Gasteiger partial charge in [0.15, 0.2) is 5.82 Å². The van der Waals surface area contributed by atoms with E-state index in [4.69, 9.17) is 4.98 Å². The zero-order valence-electron chi connectivity index (χ0n) is 17.4. The van der Waals surface area contributed by atoms with Crippen LogP contribution < -0.4 is 4.90 Å². The van der Waals surface area contributed by atoms with Crippen LogP contribution in [0.1, 0.15) is 36.8 Å². The number of benzene rings is 2. The normalized spacial score (nSPS) is 10.6. The number of carbonyl (C=O) groups is 1. The van der Waals surface area contributed by atoms with Gasteiger partial charge < -0.3 is 9.80 Å². The van der Waals surface area contributed by atoms with Crippen molar-refractivity contribution in [3.63, 3.8) is 0 Å². The van der Waals surface area contributed by atoms with Crippen LogP contribution in [0.15, 0.2) is 66.7 Å². The Balaban J connectivity index is 1.99. The minimum atomic E-state index is -0.0793. The quantitative estimate of drug-likeness (QED) is 0.563. The highest BCUT2D eigenvalue weighted by molar-refractivity contribution is 5.93. The molecule has 0 N–H and O–H groups in total. The number of hydrogen-bond acceptors (Lipinski definition) is 4. The molecule has 0 fully saturated rings. The molecule has 0 saturated carbocycles. The van der Waals surface area contributed by atoms with E-state index in [0.29, 0.717) is 24.6 Å². The summed E-state index contributed by atoms with van der Waals surface area (Å²) >= 11 is 0. The third-order valence-corrected chi connectivity index (χ3v) is 4.94. The smallest absolute Gasteiger partial charge is 0.272 e. The van der Waals surface area contributed by atoms with Gasteiger partial charge in [-0.15, -0.1) is 0 Å². The molecule has 0 saturated heterocycles. The second-order valence-corrected chi connectivity index (χ2v) is 6.78. The Morgan fingerprint density at radius 2 is 1.45 bits per heavy atom. The van der Waals surface area contributed by atoms with Crippen molar-refractivity contribution in [2.45, 2.75) is 27.3 Å². The summed E-state index contributed by atoms with van der Waals surface area (Å²) < 4.78 is 0. The molecule has 0 radical (unpaired) electrons. The van der Waals surface area contributed by atoms with Gasteiger partial charge in [0.05, 0.1) is 0 Å². The Kier molecular flexibility index (Phi) is 6.95. The van der Waals surface area contributed by atoms with Crippen molar-refractivity contribution in [2.24, 2.45) is 0 Å². The van der Waals surface area contributed by atoms with Crippen molar-refractivity contribution in [3.8, 4) is 11.4 Å². The van der Waals surface area contributed by atoms with Crippen LogP contribution in [0.5, 0.6) is 0 Å². The summed E-state index contributed by atoms with van der Waals surface area (Å²) in [4.78, 5) is 26.7. The fourth-order valence-corrected chi connectivity index (χ4v) is 3.26. The molecule has 150 valence electrons. The maximum absolute atomic E-state index is 13.3. The number of rotatable bonds is 8. The Morgan fingerprint density at radius 3 is 2.03 bits per heavy atom. The third kappa shape index (κ3) is 4.99. The molecular weight excluding hydrogens is 360 g/mol. The van der Waals surface area contributed by atoms with Gasteiger partial charge in [0.2, 0.25) is 0 Å². The molecule has 3 rings (SSSR count). The first-order valence-electron chi connectivity index (χ1n) is 10.2. The number of nitrogens with zero attached hydrogens (tertiary/aromatic N) is 4. The summed E-state index contributed by atoms with van der Waals surface area (Å²) in [7, 11) is 0. The van der Waals surface area contributed by atoms with Gasteiger partial charge in [-0.3, -0.25) is 4.79 Å². The van der Waals surface area contributed by atoms with Crippen molar-refractivity contribution in [1.82, 2.24) is 14.9 Å². The standard InChI is InChI=1S/C24H28N4O/c1-4-27(5-2)22-17-21(25-23(26-22)20-15-11-8-12-16-20)24(29)28(6-3)18-19-13-9-7-10-14-19/h7-17H,4-6,18H2,1-3H3. The minimum absolute atomic E-state index is 0.0793. The van der Waals surface area contributed by atoms with Gasteiger partial charge in [-0.1, -0.05) is 60.7 Å². The monoisotopic (exact) mass is 388 g/mol. The zero-order chi connectivity index (χ0) is 20.6. The molecular formula is C24H28N4O. The van der Waals surface area contributed by atoms with Gasteiger partial charge in [-0.05, 0) is 26.3 Å². The third-order valence-electron chi connectivity index (χ3n) is 4.94. The summed E-state index contributed by atoms with van der Waals surface area (Å²) in [6, 6.07) is 21.7. The van der Waals surface area contributed by atoms with Gasteiger partial charge >= 0.3 is 0 Å². The molecule has 0 spiro atoms. The van der Waals surface area contributed by atoms with E-state index in [1.807, 2.05) is 78.6 Å². The molecule has 0 aliphatic carbocycles. The van der Waals surface area contributed by atoms with Crippen LogP contribution >= 0.6 is 0 Å². The second-order valence-electron chi connectivity index (χ2n) is 6.78. The molecule has 1 amide bonds. The lowest BCUT2D eigenvalue weighted by Crippen LogP contribution is -2.32. The molecule has 1 heterocycles. The lowest BCUT2D eigenvalue weighted by Gasteiger charge is -2.23. The number of aromatic nitrogens is 2. The highest BCUT2D eigenvalue weighted by Crippen LogP contribution is 2.21. The number of hydrogen-bond donors (Lipinski definition) is 0. The molecule has 0 unspecified atom stereocenters. The highest BCUT2D eigenvalue weighted by Gasteiger charge is 2.20. The van der Waals surface area contributed by atoms with Crippen LogP contribution in [0, 0.1) is 0 Å². The average molecular weight is 389 g/mol. The van der Waals surface area contributed by atoms with Crippen LogP contribution in [-0.4, -0.2) is 40.4 Å². The van der Waals surface area contributed by atoms with E-state index in [-0.39, 0.29) is 5.91 Å². The molecule has 5 nitrogen and oxygen atoms in total. The topological polar surface area (TPSA) is 49.3 Å². The molecule has 0 atom stereocenters. The van der Waals surface area contributed by atoms with Gasteiger partial charge in [0.1, 0.15) is 11.5 Å². The van der Waals surface area contributed by atoms with Crippen molar-refractivity contribution >= 4 is 11.7 Å². The van der Waals surface area contributed by atoms with Crippen LogP contribution in [0.25, 0.3) is 11.4 Å². The van der Waals surface area contributed by atoms with E-state index in [9.17, 15) is 4.79 Å². The van der Waals surface area contributed by atoms with E-state index < -0.39 is 0 Å². The van der Waals surface area contributed by atoms with Gasteiger partial charge in [0.25, 0.3) is 5.91 Å². The molecule has 2 aromatic carbocycles. The van der Waals surface area contributed by atoms with Crippen LogP contribution in [0.2, 0.25) is 0 Å². The predicted molar refractivity (Wildman–Crippen MR) is 118 cm³/mol. The SMILES string of the molecule is CCN(Cc1ccccc1)C(=O)c1cc(N(CC)CC)nc(-c2ccccc2)n1. The van der Waals surface area contributed by atoms with Crippen molar-refractivity contribution in [3.05, 3.63) is 78.0 Å². The molecule has 29 heavy (non-hydrogen) atoms. The largest absolute Gasteiger partial charge is 0.357 e. The molecule has 0 aliphatic heterocycles. The molecule has 5 heteroatoms.